The van der Waals surface area contributed by atoms with Gasteiger partial charge in [0.1, 0.15) is 5.69 Å². The maximum absolute atomic E-state index is 12.7. The summed E-state index contributed by atoms with van der Waals surface area (Å²) in [6.45, 7) is 4.02. The molecule has 1 aromatic carbocycles. The Labute approximate surface area is 234 Å². The van der Waals surface area contributed by atoms with E-state index in [1.165, 1.54) is 0 Å². The molecule has 5 aliphatic rings. The van der Waals surface area contributed by atoms with E-state index in [0.717, 1.165) is 68.9 Å². The highest BCUT2D eigenvalue weighted by Gasteiger charge is 2.36. The van der Waals surface area contributed by atoms with Crippen LogP contribution < -0.4 is 14.5 Å². The normalized spacial score (nSPS) is 24.0. The number of anilines is 3. The van der Waals surface area contributed by atoms with Gasteiger partial charge in [0.05, 0.1) is 46.9 Å². The predicted molar refractivity (Wildman–Crippen MR) is 153 cm³/mol. The standard InChI is InChI=1S/C28H34N8O3S/c37-40(38,23-6-7-23)32-21-5-8-26-27(17-21)34-14-10-22(11-15-34)39-16-2-4-20-3-1-13-35(18-20)28-29-12-9-24(30-28)25-19-36(26)33-31-25/h2,4-5,8-9,12,17,19-20,22-23,32H,1,3,6-7,10-11,13-16,18H2/b4-2-. The monoisotopic (exact) mass is 562 g/mol. The molecule has 0 spiro atoms. The third-order valence-corrected chi connectivity index (χ3v) is 10.1. The molecule has 3 fully saturated rings. The average molecular weight is 563 g/mol. The molecule has 40 heavy (non-hydrogen) atoms. The van der Waals surface area contributed by atoms with Gasteiger partial charge >= 0.3 is 0 Å². The zero-order valence-electron chi connectivity index (χ0n) is 22.4. The molecule has 11 nitrogen and oxygen atoms in total. The second kappa shape index (κ2) is 10.5. The van der Waals surface area contributed by atoms with Crippen molar-refractivity contribution in [3.63, 3.8) is 0 Å². The van der Waals surface area contributed by atoms with Gasteiger partial charge in [0.15, 0.2) is 0 Å². The Morgan fingerprint density at radius 2 is 1.82 bits per heavy atom. The highest BCUT2D eigenvalue weighted by atomic mass is 32.2. The third-order valence-electron chi connectivity index (χ3n) is 8.20. The fraction of sp³-hybridized carbons (Fsp3) is 0.500. The fourth-order valence-electron chi connectivity index (χ4n) is 5.85. The van der Waals surface area contributed by atoms with Gasteiger partial charge in [-0.05, 0) is 68.7 Å². The first-order valence-electron chi connectivity index (χ1n) is 14.2. The Morgan fingerprint density at radius 1 is 0.950 bits per heavy atom. The van der Waals surface area contributed by atoms with Crippen molar-refractivity contribution < 1.29 is 13.2 Å². The molecule has 8 rings (SSSR count). The zero-order chi connectivity index (χ0) is 27.1. The Hall–Kier alpha value is -3.51. The lowest BCUT2D eigenvalue weighted by Gasteiger charge is -2.34. The highest BCUT2D eigenvalue weighted by molar-refractivity contribution is 7.93. The Morgan fingerprint density at radius 3 is 2.67 bits per heavy atom. The van der Waals surface area contributed by atoms with Gasteiger partial charge in [0.25, 0.3) is 0 Å². The van der Waals surface area contributed by atoms with Crippen LogP contribution in [0.3, 0.4) is 0 Å². The van der Waals surface area contributed by atoms with Gasteiger partial charge in [-0.2, -0.15) is 0 Å². The van der Waals surface area contributed by atoms with Gasteiger partial charge in [0.2, 0.25) is 16.0 Å². The van der Waals surface area contributed by atoms with Crippen LogP contribution in [0.5, 0.6) is 0 Å². The minimum absolute atomic E-state index is 0.193. The fourth-order valence-corrected chi connectivity index (χ4v) is 7.23. The molecule has 2 aromatic heterocycles. The molecule has 1 unspecified atom stereocenters. The number of nitrogens with zero attached hydrogens (tertiary/aromatic N) is 7. The highest BCUT2D eigenvalue weighted by Crippen LogP contribution is 2.34. The molecule has 3 aromatic rings. The van der Waals surface area contributed by atoms with Crippen molar-refractivity contribution in [2.75, 3.05) is 47.3 Å². The largest absolute Gasteiger partial charge is 0.374 e. The summed E-state index contributed by atoms with van der Waals surface area (Å²) >= 11 is 0. The Kier molecular flexibility index (Phi) is 6.67. The minimum Gasteiger partial charge on any atom is -0.374 e. The molecular weight excluding hydrogens is 528 g/mol. The van der Waals surface area contributed by atoms with Crippen LogP contribution in [0.15, 0.2) is 48.8 Å². The summed E-state index contributed by atoms with van der Waals surface area (Å²) in [4.78, 5) is 13.9. The van der Waals surface area contributed by atoms with E-state index < -0.39 is 10.0 Å². The number of hydrogen-bond acceptors (Lipinski definition) is 9. The SMILES string of the molecule is O=S(=O)(Nc1ccc2c(c1)N1CCC(CC1)OC/C=C\C1CCCN(C1)c1nccc(n1)-c1cn-2nn1)C1CC1. The summed E-state index contributed by atoms with van der Waals surface area (Å²) in [5.74, 6) is 1.15. The summed E-state index contributed by atoms with van der Waals surface area (Å²) in [5.41, 5.74) is 3.69. The van der Waals surface area contributed by atoms with Crippen molar-refractivity contribution in [3.8, 4) is 17.1 Å². The van der Waals surface area contributed by atoms with E-state index in [-0.39, 0.29) is 11.4 Å². The number of benzene rings is 1. The zero-order valence-corrected chi connectivity index (χ0v) is 23.2. The molecule has 6 heterocycles. The average Bonchev–Trinajstić information content (AvgIpc) is 3.74. The van der Waals surface area contributed by atoms with E-state index in [0.29, 0.717) is 42.7 Å². The van der Waals surface area contributed by atoms with Crippen LogP contribution >= 0.6 is 0 Å². The van der Waals surface area contributed by atoms with E-state index in [9.17, 15) is 8.42 Å². The van der Waals surface area contributed by atoms with Crippen molar-refractivity contribution in [2.45, 2.75) is 49.9 Å². The summed E-state index contributed by atoms with van der Waals surface area (Å²) in [5, 5.41) is 8.63. The first-order valence-corrected chi connectivity index (χ1v) is 15.8. The predicted octanol–water partition coefficient (Wildman–Crippen LogP) is 3.40. The summed E-state index contributed by atoms with van der Waals surface area (Å²) in [7, 11) is -3.37. The molecule has 1 saturated carbocycles. The van der Waals surface area contributed by atoms with Crippen molar-refractivity contribution in [1.29, 1.82) is 0 Å². The number of sulfonamides is 1. The van der Waals surface area contributed by atoms with Crippen molar-refractivity contribution in [2.24, 2.45) is 5.92 Å². The molecule has 0 amide bonds. The smallest absolute Gasteiger partial charge is 0.235 e. The van der Waals surface area contributed by atoms with Gasteiger partial charge in [-0.15, -0.1) is 5.10 Å². The number of piperidine rings is 2. The number of rotatable bonds is 3. The second-order valence-corrected chi connectivity index (χ2v) is 13.1. The van der Waals surface area contributed by atoms with Gasteiger partial charge < -0.3 is 14.5 Å². The van der Waals surface area contributed by atoms with Gasteiger partial charge in [-0.25, -0.2) is 23.1 Å². The molecule has 1 N–H and O–H groups in total. The van der Waals surface area contributed by atoms with Crippen LogP contribution in [-0.2, 0) is 14.8 Å². The topological polar surface area (TPSA) is 118 Å². The molecule has 1 aliphatic carbocycles. The number of hydrogen-bond donors (Lipinski definition) is 1. The summed E-state index contributed by atoms with van der Waals surface area (Å²) < 4.78 is 36.1. The van der Waals surface area contributed by atoms with Gasteiger partial charge in [0, 0.05) is 32.4 Å². The Balaban J connectivity index is 1.26. The molecule has 0 radical (unpaired) electrons. The van der Waals surface area contributed by atoms with Crippen molar-refractivity contribution in [3.05, 3.63) is 48.8 Å². The quantitative estimate of drug-likeness (QED) is 0.479. The second-order valence-electron chi connectivity index (χ2n) is 11.1. The third kappa shape index (κ3) is 5.29. The lowest BCUT2D eigenvalue weighted by Crippen LogP contribution is -2.37. The molecule has 1 atom stereocenters. The van der Waals surface area contributed by atoms with E-state index in [2.05, 4.69) is 42.0 Å². The number of ether oxygens (including phenoxy) is 1. The maximum Gasteiger partial charge on any atom is 0.235 e. The van der Waals surface area contributed by atoms with Crippen molar-refractivity contribution in [1.82, 2.24) is 25.0 Å². The number of fused-ring (bicyclic) bond motifs is 4. The van der Waals surface area contributed by atoms with Gasteiger partial charge in [-0.1, -0.05) is 17.4 Å². The summed E-state index contributed by atoms with van der Waals surface area (Å²) in [6.07, 6.45) is 13.8. The molecule has 8 bridgehead atoms. The van der Waals surface area contributed by atoms with Crippen LogP contribution in [-0.4, -0.2) is 77.5 Å². The van der Waals surface area contributed by atoms with E-state index in [1.54, 1.807) is 16.9 Å². The van der Waals surface area contributed by atoms with E-state index >= 15 is 0 Å². The van der Waals surface area contributed by atoms with Crippen LogP contribution in [0.25, 0.3) is 17.1 Å². The van der Waals surface area contributed by atoms with Gasteiger partial charge in [-0.3, -0.25) is 4.72 Å². The molecule has 12 heteroatoms. The van der Waals surface area contributed by atoms with Crippen LogP contribution in [0.4, 0.5) is 17.3 Å². The first-order chi connectivity index (χ1) is 19.5. The van der Waals surface area contributed by atoms with Crippen LogP contribution in [0, 0.1) is 5.92 Å². The number of aromatic nitrogens is 5. The van der Waals surface area contributed by atoms with Crippen LogP contribution in [0.2, 0.25) is 0 Å². The molecule has 210 valence electrons. The van der Waals surface area contributed by atoms with E-state index in [1.807, 2.05) is 24.4 Å². The maximum atomic E-state index is 12.7. The molecule has 2 saturated heterocycles. The first kappa shape index (κ1) is 25.5. The molecular formula is C28H34N8O3S. The Bertz CT molecular complexity index is 1510. The lowest BCUT2D eigenvalue weighted by atomic mass is 9.98. The number of nitrogens with one attached hydrogen (secondary N) is 1. The van der Waals surface area contributed by atoms with Crippen molar-refractivity contribution >= 4 is 27.3 Å². The van der Waals surface area contributed by atoms with E-state index in [4.69, 9.17) is 9.72 Å². The van der Waals surface area contributed by atoms with Crippen LogP contribution in [0.1, 0.15) is 38.5 Å². The lowest BCUT2D eigenvalue weighted by molar-refractivity contribution is 0.0560. The minimum atomic E-state index is -3.37. The molecule has 4 aliphatic heterocycles. The summed E-state index contributed by atoms with van der Waals surface area (Å²) in [6, 6.07) is 7.49.